The standard InChI is InChI=1S/C23H23N7O13S5.H2O/c1-26-8-11-45(31,32)16-6-7-17(19(12-16)46(33,34)35)28-29-18-13-20(47(36,37)38)22(25)23(21(18)24)30-27-14-2-4-15(5-3-14)44-10-9-42-43-48(39,40)41;/h2-7,12-13,26H,8,11,24-25H2,1H3,(H,33,34,35)(H,36,37,38)(H,39,40,41);1H2. The summed E-state index contributed by atoms with van der Waals surface area (Å²) in [6, 6.07) is 9.16. The van der Waals surface area contributed by atoms with Crippen molar-refractivity contribution in [2.75, 3.05) is 30.8 Å². The molecule has 266 valence electrons. The first-order chi connectivity index (χ1) is 22.2. The van der Waals surface area contributed by atoms with E-state index >= 15 is 0 Å². The molecule has 0 radical (unpaired) electrons. The predicted octanol–water partition coefficient (Wildman–Crippen LogP) is 2.11. The number of rotatable bonds is 13. The van der Waals surface area contributed by atoms with Crippen molar-refractivity contribution in [3.63, 3.8) is 0 Å². The Balaban J connectivity index is 0.00000833. The Kier molecular flexibility index (Phi) is 13.7. The van der Waals surface area contributed by atoms with Crippen molar-refractivity contribution < 1.29 is 62.0 Å². The number of nitrogens with two attached hydrogens (primary N) is 2. The third kappa shape index (κ3) is 11.7. The number of hydrogen-bond donors (Lipinski definition) is 6. The third-order valence-electron chi connectivity index (χ3n) is 5.53. The van der Waals surface area contributed by atoms with Gasteiger partial charge in [0.1, 0.15) is 26.9 Å². The van der Waals surface area contributed by atoms with E-state index in [2.05, 4.69) is 40.2 Å². The first kappa shape index (κ1) is 40.9. The van der Waals surface area contributed by atoms with Gasteiger partial charge in [0.25, 0.3) is 20.2 Å². The molecule has 0 saturated carbocycles. The maximum atomic E-state index is 12.5. The van der Waals surface area contributed by atoms with Crippen LogP contribution in [-0.4, -0.2) is 72.2 Å². The Hall–Kier alpha value is -4.27. The largest absolute Gasteiger partial charge is 0.433 e. The summed E-state index contributed by atoms with van der Waals surface area (Å²) in [4.78, 5) is 2.19. The number of azo groups is 2. The maximum absolute atomic E-state index is 12.5. The van der Waals surface area contributed by atoms with Gasteiger partial charge in [-0.3, -0.25) is 18.5 Å². The summed E-state index contributed by atoms with van der Waals surface area (Å²) >= 11 is 0.859. The Labute approximate surface area is 283 Å². The van der Waals surface area contributed by atoms with Gasteiger partial charge in [0.05, 0.1) is 27.7 Å². The van der Waals surface area contributed by atoms with Crippen LogP contribution >= 0.6 is 11.8 Å². The van der Waals surface area contributed by atoms with Crippen LogP contribution in [0.1, 0.15) is 0 Å². The molecular weight excluding hydrogens is 759 g/mol. The first-order valence-electron chi connectivity index (χ1n) is 12.3. The highest BCUT2D eigenvalue weighted by atomic mass is 32.3. The Morgan fingerprint density at radius 3 is 1.98 bits per heavy atom. The minimum Gasteiger partial charge on any atom is -0.412 e. The summed E-state index contributed by atoms with van der Waals surface area (Å²) in [6.45, 7) is 0.0484. The zero-order valence-electron chi connectivity index (χ0n) is 24.4. The number of nitrogens with zero attached hydrogens (tertiary/aromatic N) is 4. The Morgan fingerprint density at radius 1 is 0.796 bits per heavy atom. The van der Waals surface area contributed by atoms with E-state index in [4.69, 9.17) is 16.0 Å². The molecule has 21 nitrogen and oxygen atoms in total. The zero-order valence-corrected chi connectivity index (χ0v) is 28.5. The van der Waals surface area contributed by atoms with Crippen LogP contribution < -0.4 is 16.8 Å². The molecule has 0 bridgehead atoms. The molecule has 0 amide bonds. The summed E-state index contributed by atoms with van der Waals surface area (Å²) in [5.41, 5.74) is 9.56. The summed E-state index contributed by atoms with van der Waals surface area (Å²) in [5, 5.41) is 20.2. The second-order valence-electron chi connectivity index (χ2n) is 8.85. The molecule has 0 aliphatic rings. The van der Waals surface area contributed by atoms with Crippen LogP contribution in [0.15, 0.2) is 88.6 Å². The molecular formula is C23H25N7O14S5. The van der Waals surface area contributed by atoms with Crippen molar-refractivity contribution in [1.29, 1.82) is 0 Å². The highest BCUT2D eigenvalue weighted by molar-refractivity contribution is 8.04. The van der Waals surface area contributed by atoms with Gasteiger partial charge in [0.15, 0.2) is 15.9 Å². The lowest BCUT2D eigenvalue weighted by Crippen LogP contribution is -2.19. The number of nitrogen functional groups attached to an aromatic ring is 2. The van der Waals surface area contributed by atoms with Gasteiger partial charge in [0.2, 0.25) is 0 Å². The van der Waals surface area contributed by atoms with Crippen LogP contribution in [0.5, 0.6) is 0 Å². The van der Waals surface area contributed by atoms with Crippen molar-refractivity contribution >= 4 is 86.4 Å². The molecule has 0 fully saturated rings. The fourth-order valence-corrected chi connectivity index (χ4v) is 6.58. The van der Waals surface area contributed by atoms with Crippen LogP contribution in [0.2, 0.25) is 0 Å². The minimum atomic E-state index is -5.06. The number of anilines is 2. The number of hydrogen-bond acceptors (Lipinski definition) is 18. The molecule has 0 aliphatic carbocycles. The molecule has 0 aromatic heterocycles. The Morgan fingerprint density at radius 2 is 1.41 bits per heavy atom. The molecule has 3 aromatic rings. The summed E-state index contributed by atoms with van der Waals surface area (Å²) < 4.78 is 126. The van der Waals surface area contributed by atoms with Gasteiger partial charge < -0.3 is 22.3 Å². The molecule has 3 rings (SSSR count). The molecule has 0 unspecified atom stereocenters. The first-order valence-corrected chi connectivity index (χ1v) is 19.1. The highest BCUT2D eigenvalue weighted by Gasteiger charge is 2.24. The van der Waals surface area contributed by atoms with Crippen molar-refractivity contribution in [2.24, 2.45) is 20.5 Å². The van der Waals surface area contributed by atoms with Crippen molar-refractivity contribution in [1.82, 2.24) is 5.32 Å². The molecule has 26 heteroatoms. The lowest BCUT2D eigenvalue weighted by Gasteiger charge is -2.11. The van der Waals surface area contributed by atoms with E-state index in [0.717, 1.165) is 23.9 Å². The molecule has 0 saturated heterocycles. The van der Waals surface area contributed by atoms with Crippen LogP contribution in [0.3, 0.4) is 0 Å². The van der Waals surface area contributed by atoms with E-state index in [-0.39, 0.29) is 17.7 Å². The monoisotopic (exact) mass is 783 g/mol. The topological polar surface area (TPSA) is 361 Å². The third-order valence-corrected chi connectivity index (χ3v) is 9.95. The van der Waals surface area contributed by atoms with Gasteiger partial charge in [0, 0.05) is 16.7 Å². The van der Waals surface area contributed by atoms with Gasteiger partial charge >= 0.3 is 10.4 Å². The van der Waals surface area contributed by atoms with Gasteiger partial charge in [-0.1, -0.05) is 0 Å². The van der Waals surface area contributed by atoms with Crippen molar-refractivity contribution in [3.05, 3.63) is 48.5 Å². The smallest absolute Gasteiger partial charge is 0.412 e. The van der Waals surface area contributed by atoms with E-state index in [1.807, 2.05) is 6.11 Å². The van der Waals surface area contributed by atoms with Crippen LogP contribution in [-0.2, 0) is 49.7 Å². The fraction of sp³-hybridized carbons (Fsp3) is 0.130. The minimum absolute atomic E-state index is 0. The van der Waals surface area contributed by atoms with Crippen LogP contribution in [0.25, 0.3) is 0 Å². The summed E-state index contributed by atoms with van der Waals surface area (Å²) in [7, 11) is -17.4. The van der Waals surface area contributed by atoms with E-state index in [1.165, 1.54) is 31.3 Å². The Bertz CT molecular complexity index is 2270. The van der Waals surface area contributed by atoms with Gasteiger partial charge in [-0.15, -0.1) is 15.3 Å². The van der Waals surface area contributed by atoms with E-state index in [1.54, 1.807) is 0 Å². The van der Waals surface area contributed by atoms with Gasteiger partial charge in [-0.2, -0.15) is 30.4 Å². The lowest BCUT2D eigenvalue weighted by atomic mass is 10.2. The predicted molar refractivity (Wildman–Crippen MR) is 173 cm³/mol. The molecule has 0 atom stereocenters. The molecule has 49 heavy (non-hydrogen) atoms. The maximum Gasteiger partial charge on any atom is 0.433 e. The van der Waals surface area contributed by atoms with Crippen LogP contribution in [0, 0.1) is 11.4 Å². The van der Waals surface area contributed by atoms with Gasteiger partial charge in [-0.25, -0.2) is 8.42 Å². The lowest BCUT2D eigenvalue weighted by molar-refractivity contribution is -0.135. The molecule has 0 heterocycles. The highest BCUT2D eigenvalue weighted by Crippen LogP contribution is 2.43. The normalized spacial score (nSPS) is 12.4. The molecule has 10 N–H and O–H groups in total. The average molecular weight is 784 g/mol. The van der Waals surface area contributed by atoms with E-state index in [0.29, 0.717) is 17.0 Å². The SMILES string of the molecule is CNCCS(=O)(=O)c1ccc(N=Nc2cc(S(=O)(=O)O)c(N)c(N=Nc3ccc(SC#COOS(=O)(=O)O)cc3)c2N)c(S(=O)(=O)O)c1.O. The molecule has 0 spiro atoms. The van der Waals surface area contributed by atoms with E-state index in [9.17, 15) is 42.8 Å². The average Bonchev–Trinajstić information content (AvgIpc) is 2.98. The summed E-state index contributed by atoms with van der Waals surface area (Å²) in [5.74, 6) is -0.391. The van der Waals surface area contributed by atoms with Crippen LogP contribution in [0.4, 0.5) is 34.1 Å². The fourth-order valence-electron chi connectivity index (χ4n) is 3.35. The van der Waals surface area contributed by atoms with Crippen molar-refractivity contribution in [3.8, 4) is 11.4 Å². The number of sulfone groups is 1. The number of benzene rings is 3. The zero-order chi connectivity index (χ0) is 35.9. The van der Waals surface area contributed by atoms with Gasteiger partial charge in [-0.05, 0) is 71.7 Å². The second kappa shape index (κ2) is 16.4. The number of thioether (sulfide) groups is 1. The van der Waals surface area contributed by atoms with E-state index < -0.39 is 89.3 Å². The molecule has 0 aliphatic heterocycles. The second-order valence-corrected chi connectivity index (χ2v) is 15.6. The van der Waals surface area contributed by atoms with Crippen molar-refractivity contribution in [2.45, 2.75) is 19.6 Å². The molecule has 3 aromatic carbocycles. The summed E-state index contributed by atoms with van der Waals surface area (Å²) in [6.07, 6.45) is 1.86. The quantitative estimate of drug-likeness (QED) is 0.0275. The number of nitrogens with one attached hydrogen (secondary N) is 1.